The van der Waals surface area contributed by atoms with Crippen LogP contribution in [-0.2, 0) is 4.74 Å². The maximum atomic E-state index is 5.64. The summed E-state index contributed by atoms with van der Waals surface area (Å²) in [5.74, 6) is 6.49. The number of nitrogens with one attached hydrogen (secondary N) is 1. The van der Waals surface area contributed by atoms with Crippen LogP contribution in [0, 0.1) is 5.41 Å². The molecule has 2 rings (SSSR count). The van der Waals surface area contributed by atoms with Gasteiger partial charge in [-0.3, -0.25) is 10.4 Å². The minimum absolute atomic E-state index is 0.644. The topological polar surface area (TPSA) is 62.9 Å². The Labute approximate surface area is 122 Å². The molecular weight excluding hydrogens is 252 g/mol. The van der Waals surface area contributed by atoms with Crippen molar-refractivity contribution in [3.8, 4) is 0 Å². The van der Waals surface area contributed by atoms with E-state index in [1.807, 2.05) is 6.92 Å². The van der Waals surface area contributed by atoms with Crippen molar-refractivity contribution in [1.29, 1.82) is 0 Å². The molecule has 2 fully saturated rings. The predicted molar refractivity (Wildman–Crippen MR) is 82.4 cm³/mol. The van der Waals surface area contributed by atoms with Gasteiger partial charge in [-0.25, -0.2) is 5.84 Å². The van der Waals surface area contributed by atoms with E-state index in [0.29, 0.717) is 5.41 Å². The zero-order chi connectivity index (χ0) is 14.3. The van der Waals surface area contributed by atoms with Gasteiger partial charge in [-0.1, -0.05) is 12.8 Å². The van der Waals surface area contributed by atoms with Crippen molar-refractivity contribution in [2.24, 2.45) is 16.3 Å². The van der Waals surface area contributed by atoms with E-state index in [4.69, 9.17) is 10.6 Å². The summed E-state index contributed by atoms with van der Waals surface area (Å²) < 4.78 is 5.32. The van der Waals surface area contributed by atoms with E-state index in [0.717, 1.165) is 45.2 Å². The smallest absolute Gasteiger partial charge is 0.208 e. The van der Waals surface area contributed by atoms with Crippen molar-refractivity contribution < 1.29 is 4.74 Å². The van der Waals surface area contributed by atoms with E-state index in [-0.39, 0.29) is 0 Å². The van der Waals surface area contributed by atoms with Crippen LogP contribution in [0.2, 0.25) is 0 Å². The molecule has 0 bridgehead atoms. The molecule has 0 aromatic carbocycles. The first kappa shape index (κ1) is 15.6. The van der Waals surface area contributed by atoms with E-state index in [1.54, 1.807) is 0 Å². The van der Waals surface area contributed by atoms with E-state index in [1.165, 1.54) is 38.5 Å². The number of hydrogen-bond donors (Lipinski definition) is 2. The van der Waals surface area contributed by atoms with E-state index in [9.17, 15) is 0 Å². The number of hydrogen-bond acceptors (Lipinski definition) is 3. The summed E-state index contributed by atoms with van der Waals surface area (Å²) in [6, 6.07) is 0. The molecular formula is C15H30N4O. The third-order valence-electron chi connectivity index (χ3n) is 4.83. The molecule has 5 heteroatoms. The van der Waals surface area contributed by atoms with Gasteiger partial charge in [0.25, 0.3) is 0 Å². The fraction of sp³-hybridized carbons (Fsp3) is 0.933. The SMILES string of the molecule is CCOCCCN=C(NN)N1CCC2(CCCC2)CC1. The molecule has 20 heavy (non-hydrogen) atoms. The minimum Gasteiger partial charge on any atom is -0.382 e. The van der Waals surface area contributed by atoms with Gasteiger partial charge < -0.3 is 9.64 Å². The molecule has 5 nitrogen and oxygen atoms in total. The van der Waals surface area contributed by atoms with Crippen LogP contribution < -0.4 is 11.3 Å². The standard InChI is InChI=1S/C15H30N4O/c1-2-20-13-5-10-17-14(18-16)19-11-8-15(9-12-19)6-3-4-7-15/h2-13,16H2,1H3,(H,17,18). The molecule has 2 aliphatic rings. The largest absolute Gasteiger partial charge is 0.382 e. The molecule has 1 saturated heterocycles. The fourth-order valence-electron chi connectivity index (χ4n) is 3.55. The predicted octanol–water partition coefficient (Wildman–Crippen LogP) is 1.89. The van der Waals surface area contributed by atoms with Crippen LogP contribution in [0.15, 0.2) is 4.99 Å². The van der Waals surface area contributed by atoms with Gasteiger partial charge in [-0.15, -0.1) is 0 Å². The highest BCUT2D eigenvalue weighted by Crippen LogP contribution is 2.45. The first-order valence-corrected chi connectivity index (χ1v) is 8.13. The number of nitrogens with two attached hydrogens (primary N) is 1. The number of hydrazine groups is 1. The Morgan fingerprint density at radius 1 is 1.25 bits per heavy atom. The fourth-order valence-corrected chi connectivity index (χ4v) is 3.55. The molecule has 0 aromatic heterocycles. The first-order chi connectivity index (χ1) is 9.79. The van der Waals surface area contributed by atoms with Crippen LogP contribution in [0.4, 0.5) is 0 Å². The third-order valence-corrected chi connectivity index (χ3v) is 4.83. The number of ether oxygens (including phenoxy) is 1. The third kappa shape index (κ3) is 4.09. The van der Waals surface area contributed by atoms with Crippen LogP contribution in [0.5, 0.6) is 0 Å². The quantitative estimate of drug-likeness (QED) is 0.266. The number of piperidine rings is 1. The van der Waals surface area contributed by atoms with Gasteiger partial charge in [-0.05, 0) is 44.4 Å². The Balaban J connectivity index is 1.76. The molecule has 1 aliphatic carbocycles. The second kappa shape index (κ2) is 7.84. The van der Waals surface area contributed by atoms with Crippen molar-refractivity contribution in [2.45, 2.75) is 51.9 Å². The summed E-state index contributed by atoms with van der Waals surface area (Å²) in [6.07, 6.45) is 9.26. The van der Waals surface area contributed by atoms with Crippen LogP contribution in [0.1, 0.15) is 51.9 Å². The van der Waals surface area contributed by atoms with Crippen molar-refractivity contribution in [2.75, 3.05) is 32.8 Å². The molecule has 1 spiro atoms. The Hall–Kier alpha value is -0.810. The number of guanidine groups is 1. The van der Waals surface area contributed by atoms with Crippen LogP contribution in [0.3, 0.4) is 0 Å². The maximum absolute atomic E-state index is 5.64. The minimum atomic E-state index is 0.644. The van der Waals surface area contributed by atoms with Gasteiger partial charge in [-0.2, -0.15) is 0 Å². The molecule has 0 amide bonds. The van der Waals surface area contributed by atoms with Crippen LogP contribution in [-0.4, -0.2) is 43.7 Å². The lowest BCUT2D eigenvalue weighted by Gasteiger charge is -2.40. The number of rotatable bonds is 5. The molecule has 116 valence electrons. The maximum Gasteiger partial charge on any atom is 0.208 e. The molecule has 1 aliphatic heterocycles. The molecule has 0 aromatic rings. The molecule has 1 saturated carbocycles. The van der Waals surface area contributed by atoms with Crippen LogP contribution in [0.25, 0.3) is 0 Å². The summed E-state index contributed by atoms with van der Waals surface area (Å²) in [5.41, 5.74) is 3.42. The van der Waals surface area contributed by atoms with Crippen molar-refractivity contribution in [3.63, 3.8) is 0 Å². The average molecular weight is 282 g/mol. The summed E-state index contributed by atoms with van der Waals surface area (Å²) in [7, 11) is 0. The number of aliphatic imine (C=N–C) groups is 1. The van der Waals surface area contributed by atoms with E-state index in [2.05, 4.69) is 15.3 Å². The zero-order valence-electron chi connectivity index (χ0n) is 12.9. The number of nitrogens with zero attached hydrogens (tertiary/aromatic N) is 2. The Morgan fingerprint density at radius 3 is 2.55 bits per heavy atom. The van der Waals surface area contributed by atoms with Gasteiger partial charge in [0.05, 0.1) is 0 Å². The van der Waals surface area contributed by atoms with Gasteiger partial charge in [0.1, 0.15) is 0 Å². The van der Waals surface area contributed by atoms with Gasteiger partial charge in [0, 0.05) is 32.8 Å². The Kier molecular flexibility index (Phi) is 6.10. The Morgan fingerprint density at radius 2 is 1.95 bits per heavy atom. The van der Waals surface area contributed by atoms with Gasteiger partial charge in [0.15, 0.2) is 0 Å². The van der Waals surface area contributed by atoms with Crippen molar-refractivity contribution in [3.05, 3.63) is 0 Å². The lowest BCUT2D eigenvalue weighted by molar-refractivity contribution is 0.145. The summed E-state index contributed by atoms with van der Waals surface area (Å²) in [6.45, 7) is 6.54. The monoisotopic (exact) mass is 282 g/mol. The highest BCUT2D eigenvalue weighted by Gasteiger charge is 2.37. The molecule has 0 atom stereocenters. The molecule has 0 radical (unpaired) electrons. The van der Waals surface area contributed by atoms with Gasteiger partial charge >= 0.3 is 0 Å². The first-order valence-electron chi connectivity index (χ1n) is 8.13. The molecule has 0 unspecified atom stereocenters. The summed E-state index contributed by atoms with van der Waals surface area (Å²) in [5, 5.41) is 0. The second-order valence-electron chi connectivity index (χ2n) is 6.09. The van der Waals surface area contributed by atoms with Gasteiger partial charge in [0.2, 0.25) is 5.96 Å². The second-order valence-corrected chi connectivity index (χ2v) is 6.09. The lowest BCUT2D eigenvalue weighted by atomic mass is 9.77. The highest BCUT2D eigenvalue weighted by atomic mass is 16.5. The van der Waals surface area contributed by atoms with Crippen LogP contribution >= 0.6 is 0 Å². The molecule has 1 heterocycles. The number of likely N-dealkylation sites (tertiary alicyclic amines) is 1. The van der Waals surface area contributed by atoms with Crippen molar-refractivity contribution in [1.82, 2.24) is 10.3 Å². The molecule has 3 N–H and O–H groups in total. The zero-order valence-corrected chi connectivity index (χ0v) is 12.9. The summed E-state index contributed by atoms with van der Waals surface area (Å²) in [4.78, 5) is 6.89. The normalized spacial score (nSPS) is 22.5. The van der Waals surface area contributed by atoms with Crippen molar-refractivity contribution >= 4 is 5.96 Å². The average Bonchev–Trinajstić information content (AvgIpc) is 2.93. The lowest BCUT2D eigenvalue weighted by Crippen LogP contribution is -2.50. The Bertz CT molecular complexity index is 303. The highest BCUT2D eigenvalue weighted by molar-refractivity contribution is 5.79. The van der Waals surface area contributed by atoms with E-state index >= 15 is 0 Å². The van der Waals surface area contributed by atoms with E-state index < -0.39 is 0 Å². The summed E-state index contributed by atoms with van der Waals surface area (Å²) >= 11 is 0.